The van der Waals surface area contributed by atoms with Gasteiger partial charge in [-0.25, -0.2) is 4.39 Å². The minimum Gasteiger partial charge on any atom is -0.464 e. The number of hydrogen-bond acceptors (Lipinski definition) is 5. The summed E-state index contributed by atoms with van der Waals surface area (Å²) in [6.07, 6.45) is 2.06. The standard InChI is InChI=1S/C26H28ClFN2O5/c1-34-14-13-29(24(31)7-4-12-27)17-25(32)30(15-19-8-10-21(28)11-9-19)16-20-18-35-23-6-3-2-5-22(23)26(20)33/h2-3,5-6,8-11,18H,4,7,12-17H2,1H3. The number of benzene rings is 2. The molecule has 3 rings (SSSR count). The Hall–Kier alpha value is -3.23. The highest BCUT2D eigenvalue weighted by Crippen LogP contribution is 2.15. The van der Waals surface area contributed by atoms with E-state index >= 15 is 0 Å². The molecule has 0 aliphatic heterocycles. The molecular formula is C26H28ClFN2O5. The van der Waals surface area contributed by atoms with Crippen LogP contribution in [0.3, 0.4) is 0 Å². The Balaban J connectivity index is 1.87. The normalized spacial score (nSPS) is 10.9. The third-order valence-electron chi connectivity index (χ3n) is 5.52. The number of carbonyl (C=O) groups excluding carboxylic acids is 2. The predicted molar refractivity (Wildman–Crippen MR) is 132 cm³/mol. The molecule has 0 saturated heterocycles. The number of hydrogen-bond donors (Lipinski definition) is 0. The second kappa shape index (κ2) is 13.0. The molecule has 0 saturated carbocycles. The van der Waals surface area contributed by atoms with Gasteiger partial charge in [-0.2, -0.15) is 0 Å². The quantitative estimate of drug-likeness (QED) is 0.350. The van der Waals surface area contributed by atoms with Crippen LogP contribution in [0, 0.1) is 5.82 Å². The number of fused-ring (bicyclic) bond motifs is 1. The number of nitrogens with zero attached hydrogens (tertiary/aromatic N) is 2. The van der Waals surface area contributed by atoms with Gasteiger partial charge in [-0.05, 0) is 36.2 Å². The summed E-state index contributed by atoms with van der Waals surface area (Å²) in [6, 6.07) is 12.6. The fraction of sp³-hybridized carbons (Fsp3) is 0.346. The molecule has 0 spiro atoms. The number of alkyl halides is 1. The van der Waals surface area contributed by atoms with Crippen molar-refractivity contribution in [3.05, 3.63) is 82.0 Å². The molecule has 9 heteroatoms. The van der Waals surface area contributed by atoms with Crippen molar-refractivity contribution in [1.29, 1.82) is 0 Å². The first-order valence-corrected chi connectivity index (χ1v) is 11.8. The maximum absolute atomic E-state index is 13.4. The molecule has 1 heterocycles. The molecule has 2 aromatic carbocycles. The molecule has 0 fully saturated rings. The lowest BCUT2D eigenvalue weighted by molar-refractivity contribution is -0.141. The molecule has 7 nitrogen and oxygen atoms in total. The van der Waals surface area contributed by atoms with Crippen molar-refractivity contribution in [2.75, 3.05) is 32.7 Å². The Morgan fingerprint density at radius 2 is 1.77 bits per heavy atom. The lowest BCUT2D eigenvalue weighted by Gasteiger charge is -2.28. The third kappa shape index (κ3) is 7.37. The van der Waals surface area contributed by atoms with Crippen LogP contribution in [0.25, 0.3) is 11.0 Å². The number of ether oxygens (including phenoxy) is 1. The summed E-state index contributed by atoms with van der Waals surface area (Å²) in [5, 5.41) is 0.414. The van der Waals surface area contributed by atoms with Gasteiger partial charge in [0.15, 0.2) is 5.43 Å². The summed E-state index contributed by atoms with van der Waals surface area (Å²) in [7, 11) is 1.52. The van der Waals surface area contributed by atoms with Crippen LogP contribution >= 0.6 is 11.6 Å². The Bertz CT molecular complexity index is 1200. The highest BCUT2D eigenvalue weighted by molar-refractivity contribution is 6.17. The molecule has 35 heavy (non-hydrogen) atoms. The lowest BCUT2D eigenvalue weighted by atomic mass is 10.1. The first-order valence-electron chi connectivity index (χ1n) is 11.3. The van der Waals surface area contributed by atoms with Crippen LogP contribution in [0.1, 0.15) is 24.0 Å². The van der Waals surface area contributed by atoms with Gasteiger partial charge in [-0.3, -0.25) is 14.4 Å². The van der Waals surface area contributed by atoms with Crippen LogP contribution in [0.5, 0.6) is 0 Å². The summed E-state index contributed by atoms with van der Waals surface area (Å²) >= 11 is 5.72. The van der Waals surface area contributed by atoms with Crippen molar-refractivity contribution in [3.8, 4) is 0 Å². The zero-order valence-electron chi connectivity index (χ0n) is 19.5. The second-order valence-corrected chi connectivity index (χ2v) is 8.44. The molecule has 0 unspecified atom stereocenters. The number of amides is 2. The topological polar surface area (TPSA) is 80.1 Å². The zero-order valence-corrected chi connectivity index (χ0v) is 20.3. The summed E-state index contributed by atoms with van der Waals surface area (Å²) in [6.45, 7) is 0.416. The number of para-hydroxylation sites is 1. The van der Waals surface area contributed by atoms with Crippen molar-refractivity contribution in [1.82, 2.24) is 9.80 Å². The summed E-state index contributed by atoms with van der Waals surface area (Å²) in [4.78, 5) is 42.0. The average Bonchev–Trinajstić information content (AvgIpc) is 2.87. The minimum atomic E-state index is -0.391. The van der Waals surface area contributed by atoms with E-state index in [1.165, 1.54) is 35.3 Å². The van der Waals surface area contributed by atoms with Gasteiger partial charge in [0.25, 0.3) is 0 Å². The van der Waals surface area contributed by atoms with Crippen molar-refractivity contribution >= 4 is 34.4 Å². The van der Waals surface area contributed by atoms with Crippen LogP contribution in [0.2, 0.25) is 0 Å². The van der Waals surface area contributed by atoms with E-state index in [1.807, 2.05) is 0 Å². The van der Waals surface area contributed by atoms with Crippen molar-refractivity contribution in [2.45, 2.75) is 25.9 Å². The highest BCUT2D eigenvalue weighted by atomic mass is 35.5. The first-order chi connectivity index (χ1) is 16.9. The molecule has 0 N–H and O–H groups in total. The summed E-state index contributed by atoms with van der Waals surface area (Å²) in [5.74, 6) is -0.621. The summed E-state index contributed by atoms with van der Waals surface area (Å²) in [5.41, 5.74) is 1.20. The van der Waals surface area contributed by atoms with E-state index < -0.39 is 5.82 Å². The Morgan fingerprint density at radius 1 is 1.03 bits per heavy atom. The van der Waals surface area contributed by atoms with E-state index in [4.69, 9.17) is 20.8 Å². The van der Waals surface area contributed by atoms with Crippen LogP contribution in [-0.4, -0.2) is 54.3 Å². The van der Waals surface area contributed by atoms with Crippen LogP contribution in [0.15, 0.2) is 64.0 Å². The van der Waals surface area contributed by atoms with Gasteiger partial charge in [0, 0.05) is 32.5 Å². The van der Waals surface area contributed by atoms with Crippen molar-refractivity contribution < 1.29 is 23.1 Å². The maximum Gasteiger partial charge on any atom is 0.242 e. The maximum atomic E-state index is 13.4. The number of rotatable bonds is 12. The molecule has 0 atom stereocenters. The monoisotopic (exact) mass is 502 g/mol. The van der Waals surface area contributed by atoms with E-state index in [-0.39, 0.29) is 56.4 Å². The smallest absolute Gasteiger partial charge is 0.242 e. The first kappa shape index (κ1) is 26.4. The Morgan fingerprint density at radius 3 is 2.49 bits per heavy atom. The molecule has 0 aliphatic carbocycles. The molecule has 0 aliphatic rings. The average molecular weight is 503 g/mol. The van der Waals surface area contributed by atoms with Crippen LogP contribution in [0.4, 0.5) is 4.39 Å². The molecule has 186 valence electrons. The Kier molecular flexibility index (Phi) is 9.81. The zero-order chi connectivity index (χ0) is 25.2. The van der Waals surface area contributed by atoms with Gasteiger partial charge in [0.1, 0.15) is 11.4 Å². The fourth-order valence-electron chi connectivity index (χ4n) is 3.61. The van der Waals surface area contributed by atoms with Gasteiger partial charge >= 0.3 is 0 Å². The van der Waals surface area contributed by atoms with Gasteiger partial charge in [-0.1, -0.05) is 24.3 Å². The second-order valence-electron chi connectivity index (χ2n) is 8.06. The van der Waals surface area contributed by atoms with Gasteiger partial charge in [0.2, 0.25) is 11.8 Å². The minimum absolute atomic E-state index is 0.0304. The largest absolute Gasteiger partial charge is 0.464 e. The van der Waals surface area contributed by atoms with Gasteiger partial charge < -0.3 is 19.0 Å². The number of halogens is 2. The lowest BCUT2D eigenvalue weighted by Crippen LogP contribution is -2.44. The SMILES string of the molecule is COCCN(CC(=O)N(Cc1ccc(F)cc1)Cc1coc2ccccc2c1=O)C(=O)CCCCl. The molecule has 0 bridgehead atoms. The number of carbonyl (C=O) groups is 2. The van der Waals surface area contributed by atoms with Gasteiger partial charge in [0.05, 0.1) is 36.9 Å². The van der Waals surface area contributed by atoms with Crippen LogP contribution in [-0.2, 0) is 27.4 Å². The van der Waals surface area contributed by atoms with E-state index in [9.17, 15) is 18.8 Å². The molecule has 2 amide bonds. The van der Waals surface area contributed by atoms with Gasteiger partial charge in [-0.15, -0.1) is 11.6 Å². The molecular weight excluding hydrogens is 475 g/mol. The van der Waals surface area contributed by atoms with Crippen molar-refractivity contribution in [2.24, 2.45) is 0 Å². The highest BCUT2D eigenvalue weighted by Gasteiger charge is 2.23. The summed E-state index contributed by atoms with van der Waals surface area (Å²) < 4.78 is 24.1. The Labute approximate surface area is 208 Å². The van der Waals surface area contributed by atoms with E-state index in [0.717, 1.165) is 0 Å². The molecule has 1 aromatic heterocycles. The van der Waals surface area contributed by atoms with Crippen molar-refractivity contribution in [3.63, 3.8) is 0 Å². The fourth-order valence-corrected chi connectivity index (χ4v) is 3.74. The molecule has 3 aromatic rings. The van der Waals surface area contributed by atoms with E-state index in [1.54, 1.807) is 36.4 Å². The third-order valence-corrected chi connectivity index (χ3v) is 5.79. The van der Waals surface area contributed by atoms with E-state index in [2.05, 4.69) is 0 Å². The van der Waals surface area contributed by atoms with E-state index in [0.29, 0.717) is 34.4 Å². The predicted octanol–water partition coefficient (Wildman–Crippen LogP) is 3.95. The number of methoxy groups -OCH3 is 1. The van der Waals surface area contributed by atoms with Crippen LogP contribution < -0.4 is 5.43 Å². The molecule has 0 radical (unpaired) electrons.